The Morgan fingerprint density at radius 2 is 1.64 bits per heavy atom. The molecule has 0 saturated carbocycles. The Morgan fingerprint density at radius 1 is 0.846 bits per heavy atom. The zero-order valence-electron chi connectivity index (χ0n) is 25.3. The first-order valence-corrected chi connectivity index (χ1v) is 16.2. The summed E-state index contributed by atoms with van der Waals surface area (Å²) in [5.74, 6) is 0. The fraction of sp³-hybridized carbons (Fsp3) is 0.538. The third-order valence-electron chi connectivity index (χ3n) is 9.44. The van der Waals surface area contributed by atoms with Gasteiger partial charge in [0.15, 0.2) is 0 Å². The van der Waals surface area contributed by atoms with E-state index >= 15 is 0 Å². The van der Waals surface area contributed by atoms with Gasteiger partial charge in [-0.3, -0.25) is 0 Å². The molecule has 0 bridgehead atoms. The van der Waals surface area contributed by atoms with Crippen LogP contribution in [0.4, 0.5) is 0 Å². The van der Waals surface area contributed by atoms with Gasteiger partial charge in [0.1, 0.15) is 0 Å². The molecule has 0 nitrogen and oxygen atoms in total. The van der Waals surface area contributed by atoms with Gasteiger partial charge in [-0.05, 0) is 134 Å². The van der Waals surface area contributed by atoms with Crippen LogP contribution in [0.5, 0.6) is 0 Å². The van der Waals surface area contributed by atoms with Crippen molar-refractivity contribution in [2.24, 2.45) is 5.41 Å². The summed E-state index contributed by atoms with van der Waals surface area (Å²) in [6.45, 7) is 13.9. The second kappa shape index (κ2) is 14.9. The van der Waals surface area contributed by atoms with Gasteiger partial charge < -0.3 is 0 Å². The lowest BCUT2D eigenvalue weighted by Gasteiger charge is -2.35. The molecule has 0 fully saturated rings. The Balaban J connectivity index is 1.26. The average Bonchev–Trinajstić information content (AvgIpc) is 3.42. The van der Waals surface area contributed by atoms with Crippen molar-refractivity contribution in [2.45, 2.75) is 129 Å². The van der Waals surface area contributed by atoms with Crippen molar-refractivity contribution in [3.63, 3.8) is 0 Å². The van der Waals surface area contributed by atoms with E-state index in [1.807, 2.05) is 0 Å². The van der Waals surface area contributed by atoms with Crippen LogP contribution in [0, 0.1) is 5.41 Å². The standard InChI is InChI=1S/C39H54/c1-5-6-7-8-10-19-34-22-15-24-38(34)37-23-16-26-39(4,30-37)27-25-31(2)28-35-20-13-14-21-36(35)29-32(3)33-17-11-9-12-18-33/h9,11,17,20-24H,2-3,5-8,10,12-16,18-19,25-30H2,1,4H3. The maximum Gasteiger partial charge on any atom is -0.00293 e. The van der Waals surface area contributed by atoms with Crippen LogP contribution in [0.15, 0.2) is 106 Å². The molecule has 0 saturated heterocycles. The lowest BCUT2D eigenvalue weighted by Crippen LogP contribution is -2.21. The normalized spacial score (nSPS) is 22.9. The van der Waals surface area contributed by atoms with Gasteiger partial charge >= 0.3 is 0 Å². The highest BCUT2D eigenvalue weighted by Crippen LogP contribution is 2.45. The molecule has 0 N–H and O–H groups in total. The van der Waals surface area contributed by atoms with E-state index in [1.54, 1.807) is 16.7 Å². The molecule has 0 aromatic carbocycles. The molecule has 0 heteroatoms. The van der Waals surface area contributed by atoms with Gasteiger partial charge in [0.25, 0.3) is 0 Å². The van der Waals surface area contributed by atoms with Crippen molar-refractivity contribution >= 4 is 0 Å². The van der Waals surface area contributed by atoms with Crippen molar-refractivity contribution in [1.29, 1.82) is 0 Å². The Hall–Kier alpha value is -2.34. The third-order valence-corrected chi connectivity index (χ3v) is 9.44. The van der Waals surface area contributed by atoms with Gasteiger partial charge in [0.05, 0.1) is 0 Å². The number of rotatable bonds is 15. The predicted molar refractivity (Wildman–Crippen MR) is 173 cm³/mol. The molecule has 0 spiro atoms. The zero-order valence-corrected chi connectivity index (χ0v) is 25.3. The highest BCUT2D eigenvalue weighted by atomic mass is 14.3. The summed E-state index contributed by atoms with van der Waals surface area (Å²) in [7, 11) is 0. The molecule has 39 heavy (non-hydrogen) atoms. The number of unbranched alkanes of at least 4 members (excludes halogenated alkanes) is 4. The molecule has 1 unspecified atom stereocenters. The van der Waals surface area contributed by atoms with Gasteiger partial charge in [0, 0.05) is 0 Å². The predicted octanol–water partition coefficient (Wildman–Crippen LogP) is 12.3. The summed E-state index contributed by atoms with van der Waals surface area (Å²) >= 11 is 0. The minimum absolute atomic E-state index is 0.386. The molecule has 0 radical (unpaired) electrons. The van der Waals surface area contributed by atoms with Crippen LogP contribution in [-0.2, 0) is 0 Å². The Kier molecular flexibility index (Phi) is 11.3. The molecule has 4 aliphatic rings. The van der Waals surface area contributed by atoms with E-state index in [9.17, 15) is 0 Å². The first-order valence-electron chi connectivity index (χ1n) is 16.2. The summed E-state index contributed by atoms with van der Waals surface area (Å²) in [6, 6.07) is 0. The topological polar surface area (TPSA) is 0 Å². The van der Waals surface area contributed by atoms with Crippen LogP contribution in [-0.4, -0.2) is 0 Å². The van der Waals surface area contributed by atoms with Crippen LogP contribution >= 0.6 is 0 Å². The largest absolute Gasteiger partial charge is 0.0995 e. The van der Waals surface area contributed by atoms with Crippen molar-refractivity contribution in [3.05, 3.63) is 106 Å². The Labute approximate surface area is 240 Å². The molecule has 0 heterocycles. The fourth-order valence-corrected chi connectivity index (χ4v) is 6.91. The molecule has 210 valence electrons. The lowest BCUT2D eigenvalue weighted by atomic mass is 9.70. The first kappa shape index (κ1) is 29.6. The molecule has 4 aliphatic carbocycles. The summed E-state index contributed by atoms with van der Waals surface area (Å²) in [6.07, 6.45) is 41.3. The summed E-state index contributed by atoms with van der Waals surface area (Å²) in [5.41, 5.74) is 12.4. The minimum atomic E-state index is 0.386. The molecular weight excluding hydrogens is 468 g/mol. The van der Waals surface area contributed by atoms with E-state index in [2.05, 4.69) is 75.6 Å². The highest BCUT2D eigenvalue weighted by Gasteiger charge is 2.30. The van der Waals surface area contributed by atoms with Crippen molar-refractivity contribution < 1.29 is 0 Å². The summed E-state index contributed by atoms with van der Waals surface area (Å²) < 4.78 is 0. The molecule has 4 rings (SSSR count). The number of allylic oxidation sites excluding steroid dienone is 16. The SMILES string of the molecule is C=C(CCC1(C)CCC=C(C2=CCC=C2CCCCCCC)C1)CC1=CCCC=C1CC(=C)C1=CC=CCC1. The summed E-state index contributed by atoms with van der Waals surface area (Å²) in [5, 5.41) is 0. The smallest absolute Gasteiger partial charge is 0.00293 e. The quantitative estimate of drug-likeness (QED) is 0.148. The number of hydrogen-bond donors (Lipinski definition) is 0. The molecule has 1 atom stereocenters. The average molecular weight is 523 g/mol. The van der Waals surface area contributed by atoms with Crippen molar-refractivity contribution in [2.75, 3.05) is 0 Å². The molecule has 0 aliphatic heterocycles. The summed E-state index contributed by atoms with van der Waals surface area (Å²) in [4.78, 5) is 0. The van der Waals surface area contributed by atoms with Crippen LogP contribution < -0.4 is 0 Å². The zero-order chi connectivity index (χ0) is 27.5. The lowest BCUT2D eigenvalue weighted by molar-refractivity contribution is 0.261. The van der Waals surface area contributed by atoms with Crippen LogP contribution in [0.3, 0.4) is 0 Å². The Morgan fingerprint density at radius 3 is 2.41 bits per heavy atom. The van der Waals surface area contributed by atoms with Gasteiger partial charge in [-0.15, -0.1) is 0 Å². The van der Waals surface area contributed by atoms with Gasteiger partial charge in [0.2, 0.25) is 0 Å². The highest BCUT2D eigenvalue weighted by molar-refractivity contribution is 5.51. The van der Waals surface area contributed by atoms with E-state index in [1.165, 1.54) is 98.5 Å². The maximum atomic E-state index is 4.59. The minimum Gasteiger partial charge on any atom is -0.0995 e. The van der Waals surface area contributed by atoms with Crippen LogP contribution in [0.1, 0.15) is 129 Å². The monoisotopic (exact) mass is 522 g/mol. The van der Waals surface area contributed by atoms with Gasteiger partial charge in [-0.25, -0.2) is 0 Å². The fourth-order valence-electron chi connectivity index (χ4n) is 6.91. The number of hydrogen-bond acceptors (Lipinski definition) is 0. The third kappa shape index (κ3) is 8.83. The van der Waals surface area contributed by atoms with E-state index in [0.29, 0.717) is 5.41 Å². The van der Waals surface area contributed by atoms with E-state index in [4.69, 9.17) is 0 Å². The van der Waals surface area contributed by atoms with E-state index < -0.39 is 0 Å². The van der Waals surface area contributed by atoms with Gasteiger partial charge in [-0.1, -0.05) is 107 Å². The van der Waals surface area contributed by atoms with Gasteiger partial charge in [-0.2, -0.15) is 0 Å². The molecule has 0 amide bonds. The van der Waals surface area contributed by atoms with Crippen LogP contribution in [0.2, 0.25) is 0 Å². The first-order chi connectivity index (χ1) is 19.0. The Bertz CT molecular complexity index is 1100. The van der Waals surface area contributed by atoms with Crippen LogP contribution in [0.25, 0.3) is 0 Å². The maximum absolute atomic E-state index is 4.59. The molecule has 0 aromatic heterocycles. The van der Waals surface area contributed by atoms with E-state index in [0.717, 1.165) is 44.9 Å². The second-order valence-corrected chi connectivity index (χ2v) is 12.9. The second-order valence-electron chi connectivity index (χ2n) is 12.9. The molecular formula is C39H54. The molecule has 0 aromatic rings. The van der Waals surface area contributed by atoms with Crippen molar-refractivity contribution in [3.8, 4) is 0 Å². The van der Waals surface area contributed by atoms with E-state index in [-0.39, 0.29) is 0 Å². The van der Waals surface area contributed by atoms with Crippen molar-refractivity contribution in [1.82, 2.24) is 0 Å².